The van der Waals surface area contributed by atoms with E-state index in [2.05, 4.69) is 38.1 Å². The van der Waals surface area contributed by atoms with Crippen LogP contribution < -0.4 is 0 Å². The van der Waals surface area contributed by atoms with Crippen LogP contribution in [0.4, 0.5) is 0 Å². The Kier molecular flexibility index (Phi) is 7.29. The van der Waals surface area contributed by atoms with Gasteiger partial charge in [0.1, 0.15) is 6.10 Å². The van der Waals surface area contributed by atoms with Gasteiger partial charge in [-0.25, -0.2) is 0 Å². The van der Waals surface area contributed by atoms with Crippen molar-refractivity contribution in [2.24, 2.45) is 0 Å². The van der Waals surface area contributed by atoms with Gasteiger partial charge in [-0.05, 0) is 30.4 Å². The fourth-order valence-electron chi connectivity index (χ4n) is 3.10. The molecule has 1 fully saturated rings. The van der Waals surface area contributed by atoms with Gasteiger partial charge in [-0.2, -0.15) is 0 Å². The molecule has 1 aromatic carbocycles. The van der Waals surface area contributed by atoms with Crippen LogP contribution >= 0.6 is 0 Å². The van der Waals surface area contributed by atoms with Crippen molar-refractivity contribution in [2.75, 3.05) is 0 Å². The van der Waals surface area contributed by atoms with Crippen LogP contribution in [0.1, 0.15) is 88.9 Å². The summed E-state index contributed by atoms with van der Waals surface area (Å²) in [5.74, 6) is 0. The third kappa shape index (κ3) is 5.82. The van der Waals surface area contributed by atoms with Crippen molar-refractivity contribution in [2.45, 2.75) is 90.3 Å². The van der Waals surface area contributed by atoms with Gasteiger partial charge in [0.05, 0.1) is 6.10 Å². The topological polar surface area (TPSA) is 12.5 Å². The smallest absolute Gasteiger partial charge is 0.109 e. The van der Waals surface area contributed by atoms with Crippen LogP contribution in [0, 0.1) is 0 Å². The zero-order chi connectivity index (χ0) is 14.9. The minimum atomic E-state index is 0.387. The molecule has 0 amide bonds. The normalized spacial score (nSPS) is 20.7. The zero-order valence-corrected chi connectivity index (χ0v) is 13.9. The van der Waals surface area contributed by atoms with Crippen LogP contribution in [0.15, 0.2) is 24.3 Å². The molecule has 0 radical (unpaired) electrons. The molecule has 2 rings (SSSR count). The van der Waals surface area contributed by atoms with Crippen molar-refractivity contribution in [3.8, 4) is 0 Å². The Bertz CT molecular complexity index is 381. The summed E-state index contributed by atoms with van der Waals surface area (Å²) in [5, 5.41) is 0. The molecule has 2 atom stereocenters. The number of ether oxygens (including phenoxy) is 1. The van der Waals surface area contributed by atoms with E-state index in [1.54, 1.807) is 0 Å². The SMILES string of the molecule is CCCCCCCCCc1ccc(C2OC2CCC)cc1. The molecule has 118 valence electrons. The van der Waals surface area contributed by atoms with Gasteiger partial charge in [0.25, 0.3) is 0 Å². The van der Waals surface area contributed by atoms with Gasteiger partial charge in [0, 0.05) is 0 Å². The van der Waals surface area contributed by atoms with Crippen LogP contribution in [0.25, 0.3) is 0 Å². The van der Waals surface area contributed by atoms with Gasteiger partial charge in [0.15, 0.2) is 0 Å². The van der Waals surface area contributed by atoms with Crippen molar-refractivity contribution in [3.63, 3.8) is 0 Å². The predicted molar refractivity (Wildman–Crippen MR) is 90.7 cm³/mol. The number of benzene rings is 1. The summed E-state index contributed by atoms with van der Waals surface area (Å²) in [6.45, 7) is 4.50. The quantitative estimate of drug-likeness (QED) is 0.348. The molecule has 0 bridgehead atoms. The van der Waals surface area contributed by atoms with Crippen molar-refractivity contribution in [3.05, 3.63) is 35.4 Å². The maximum Gasteiger partial charge on any atom is 0.109 e. The Morgan fingerprint density at radius 3 is 2.14 bits per heavy atom. The van der Waals surface area contributed by atoms with Crippen LogP contribution in [0.3, 0.4) is 0 Å². The minimum Gasteiger partial charge on any atom is -0.365 e. The summed E-state index contributed by atoms with van der Waals surface area (Å²) >= 11 is 0. The maximum atomic E-state index is 5.73. The first kappa shape index (κ1) is 16.5. The summed E-state index contributed by atoms with van der Waals surface area (Å²) < 4.78 is 5.73. The predicted octanol–water partition coefficient (Wildman–Crippen LogP) is 6.22. The van der Waals surface area contributed by atoms with Crippen molar-refractivity contribution >= 4 is 0 Å². The van der Waals surface area contributed by atoms with Crippen LogP contribution in [0.2, 0.25) is 0 Å². The molecule has 0 spiro atoms. The highest BCUT2D eigenvalue weighted by atomic mass is 16.6. The van der Waals surface area contributed by atoms with E-state index in [1.807, 2.05) is 0 Å². The van der Waals surface area contributed by atoms with Gasteiger partial charge in [-0.15, -0.1) is 0 Å². The molecular formula is C20H32O. The number of hydrogen-bond donors (Lipinski definition) is 0. The lowest BCUT2D eigenvalue weighted by Crippen LogP contribution is -1.90. The first-order valence-electron chi connectivity index (χ1n) is 9.09. The highest BCUT2D eigenvalue weighted by Gasteiger charge is 2.38. The lowest BCUT2D eigenvalue weighted by Gasteiger charge is -2.03. The highest BCUT2D eigenvalue weighted by Crippen LogP contribution is 2.41. The maximum absolute atomic E-state index is 5.73. The van der Waals surface area contributed by atoms with E-state index in [0.29, 0.717) is 12.2 Å². The summed E-state index contributed by atoms with van der Waals surface area (Å²) in [6.07, 6.45) is 14.3. The molecule has 1 nitrogen and oxygen atoms in total. The van der Waals surface area contributed by atoms with Crippen LogP contribution in [0.5, 0.6) is 0 Å². The number of epoxide rings is 1. The van der Waals surface area contributed by atoms with Gasteiger partial charge in [-0.1, -0.05) is 83.1 Å². The van der Waals surface area contributed by atoms with Crippen molar-refractivity contribution < 1.29 is 4.74 Å². The summed E-state index contributed by atoms with van der Waals surface area (Å²) in [5.41, 5.74) is 2.86. The molecule has 0 aromatic heterocycles. The molecule has 1 aliphatic rings. The summed E-state index contributed by atoms with van der Waals surface area (Å²) in [6, 6.07) is 9.15. The lowest BCUT2D eigenvalue weighted by molar-refractivity contribution is 0.364. The molecule has 1 heteroatoms. The van der Waals surface area contributed by atoms with E-state index in [9.17, 15) is 0 Å². The third-order valence-corrected chi connectivity index (χ3v) is 4.53. The number of aryl methyl sites for hydroxylation is 1. The van der Waals surface area contributed by atoms with E-state index >= 15 is 0 Å². The second-order valence-electron chi connectivity index (χ2n) is 6.50. The van der Waals surface area contributed by atoms with Gasteiger partial charge >= 0.3 is 0 Å². The molecule has 1 saturated heterocycles. The molecule has 0 saturated carbocycles. The molecule has 2 unspecified atom stereocenters. The zero-order valence-electron chi connectivity index (χ0n) is 13.9. The minimum absolute atomic E-state index is 0.387. The Balaban J connectivity index is 1.60. The Morgan fingerprint density at radius 2 is 1.48 bits per heavy atom. The van der Waals surface area contributed by atoms with Crippen molar-refractivity contribution in [1.82, 2.24) is 0 Å². The highest BCUT2D eigenvalue weighted by molar-refractivity contribution is 5.27. The molecule has 0 aliphatic carbocycles. The van der Waals surface area contributed by atoms with Crippen LogP contribution in [-0.2, 0) is 11.2 Å². The third-order valence-electron chi connectivity index (χ3n) is 4.53. The molecule has 1 aliphatic heterocycles. The second kappa shape index (κ2) is 9.25. The van der Waals surface area contributed by atoms with Gasteiger partial charge in [-0.3, -0.25) is 0 Å². The molecule has 0 N–H and O–H groups in total. The Labute approximate surface area is 131 Å². The van der Waals surface area contributed by atoms with E-state index in [-0.39, 0.29) is 0 Å². The summed E-state index contributed by atoms with van der Waals surface area (Å²) in [7, 11) is 0. The average Bonchev–Trinajstić information content (AvgIpc) is 3.27. The lowest BCUT2D eigenvalue weighted by atomic mass is 10.0. The van der Waals surface area contributed by atoms with E-state index in [0.717, 1.165) is 0 Å². The number of rotatable bonds is 11. The number of unbranched alkanes of at least 4 members (excludes halogenated alkanes) is 6. The first-order chi connectivity index (χ1) is 10.3. The van der Waals surface area contributed by atoms with Crippen LogP contribution in [-0.4, -0.2) is 6.10 Å². The average molecular weight is 288 g/mol. The van der Waals surface area contributed by atoms with E-state index in [1.165, 1.54) is 75.3 Å². The Hall–Kier alpha value is -0.820. The Morgan fingerprint density at radius 1 is 0.810 bits per heavy atom. The van der Waals surface area contributed by atoms with E-state index < -0.39 is 0 Å². The number of hydrogen-bond acceptors (Lipinski definition) is 1. The fourth-order valence-corrected chi connectivity index (χ4v) is 3.10. The monoisotopic (exact) mass is 288 g/mol. The second-order valence-corrected chi connectivity index (χ2v) is 6.50. The van der Waals surface area contributed by atoms with E-state index in [4.69, 9.17) is 4.74 Å². The largest absolute Gasteiger partial charge is 0.365 e. The van der Waals surface area contributed by atoms with Gasteiger partial charge < -0.3 is 4.74 Å². The van der Waals surface area contributed by atoms with Gasteiger partial charge in [0.2, 0.25) is 0 Å². The molecule has 1 aromatic rings. The first-order valence-corrected chi connectivity index (χ1v) is 9.09. The molecule has 1 heterocycles. The van der Waals surface area contributed by atoms with Crippen molar-refractivity contribution in [1.29, 1.82) is 0 Å². The molecule has 21 heavy (non-hydrogen) atoms. The fraction of sp³-hybridized carbons (Fsp3) is 0.700. The standard InChI is InChI=1S/C20H32O/c1-3-5-6-7-8-9-10-12-17-13-15-18(16-14-17)20-19(21-20)11-4-2/h13-16,19-20H,3-12H2,1-2H3. The molecular weight excluding hydrogens is 256 g/mol. The summed E-state index contributed by atoms with van der Waals surface area (Å²) in [4.78, 5) is 0.